The number of hydrogen-bond donors (Lipinski definition) is 1. The molecule has 2 atom stereocenters. The van der Waals surface area contributed by atoms with Crippen LogP contribution in [0.5, 0.6) is 5.75 Å². The minimum atomic E-state index is -5.07. The highest BCUT2D eigenvalue weighted by molar-refractivity contribution is 7.84. The average Bonchev–Trinajstić information content (AvgIpc) is 2.74. The Kier molecular flexibility index (Phi) is 4.75. The Morgan fingerprint density at radius 3 is 2.50 bits per heavy atom. The molecule has 1 N–H and O–H groups in total. The number of pyridine rings is 1. The fourth-order valence-corrected chi connectivity index (χ4v) is 3.18. The van der Waals surface area contributed by atoms with Crippen molar-refractivity contribution in [1.29, 1.82) is 0 Å². The number of rotatable bonds is 3. The monoisotopic (exact) mass is 384 g/mol. The number of nitrogens with one attached hydrogen (secondary N) is 1. The molecule has 0 aromatic carbocycles. The maximum Gasteiger partial charge on any atom is 0.456 e. The van der Waals surface area contributed by atoms with E-state index in [-0.39, 0.29) is 23.1 Å². The number of ketones is 1. The van der Waals surface area contributed by atoms with E-state index in [2.05, 4.69) is 9.71 Å². The second kappa shape index (κ2) is 5.96. The van der Waals surface area contributed by atoms with Gasteiger partial charge in [-0.25, -0.2) is 13.9 Å². The van der Waals surface area contributed by atoms with E-state index in [0.29, 0.717) is 0 Å². The Morgan fingerprint density at radius 1 is 1.42 bits per heavy atom. The number of carbonyl (C=O) groups is 1. The van der Waals surface area contributed by atoms with Crippen molar-refractivity contribution in [1.82, 2.24) is 9.71 Å². The highest BCUT2D eigenvalue weighted by Crippen LogP contribution is 2.42. The van der Waals surface area contributed by atoms with Crippen molar-refractivity contribution in [3.05, 3.63) is 22.5 Å². The van der Waals surface area contributed by atoms with E-state index in [9.17, 15) is 22.2 Å². The summed E-state index contributed by atoms with van der Waals surface area (Å²) in [5.74, 6) is -2.02. The van der Waals surface area contributed by atoms with Gasteiger partial charge in [0.1, 0.15) is 12.3 Å². The van der Waals surface area contributed by atoms with Crippen LogP contribution in [0.3, 0.4) is 0 Å². The molecule has 0 aliphatic carbocycles. The van der Waals surface area contributed by atoms with E-state index in [4.69, 9.17) is 16.3 Å². The van der Waals surface area contributed by atoms with Gasteiger partial charge in [-0.2, -0.15) is 13.2 Å². The van der Waals surface area contributed by atoms with Gasteiger partial charge in [0, 0.05) is 5.56 Å². The Hall–Kier alpha value is -1.19. The molecule has 0 radical (unpaired) electrons. The van der Waals surface area contributed by atoms with Crippen LogP contribution in [0.15, 0.2) is 6.07 Å². The zero-order chi connectivity index (χ0) is 18.5. The molecule has 0 saturated heterocycles. The van der Waals surface area contributed by atoms with Crippen molar-refractivity contribution in [2.45, 2.75) is 44.2 Å². The minimum Gasteiger partial charge on any atom is -0.488 e. The van der Waals surface area contributed by atoms with Gasteiger partial charge in [-0.3, -0.25) is 4.79 Å². The molecule has 2 unspecified atom stereocenters. The Balaban J connectivity index is 2.48. The van der Waals surface area contributed by atoms with E-state index < -0.39 is 38.9 Å². The molecule has 1 aromatic rings. The lowest BCUT2D eigenvalue weighted by Crippen LogP contribution is -2.47. The van der Waals surface area contributed by atoms with Crippen LogP contribution < -0.4 is 9.46 Å². The number of carbonyl (C=O) groups excluding carboxylic acids is 1. The maximum atomic E-state index is 12.6. The molecule has 0 saturated carbocycles. The molecule has 10 heteroatoms. The van der Waals surface area contributed by atoms with Crippen LogP contribution in [0.4, 0.5) is 13.2 Å². The molecule has 1 aliphatic heterocycles. The maximum absolute atomic E-state index is 12.6. The first kappa shape index (κ1) is 19.1. The number of aromatic nitrogens is 1. The van der Waals surface area contributed by atoms with Crippen molar-refractivity contribution < 1.29 is 26.9 Å². The van der Waals surface area contributed by atoms with Gasteiger partial charge in [0.05, 0.1) is 21.3 Å². The average molecular weight is 385 g/mol. The predicted molar refractivity (Wildman–Crippen MR) is 83.5 cm³/mol. The van der Waals surface area contributed by atoms with Crippen LogP contribution >= 0.6 is 11.6 Å². The summed E-state index contributed by atoms with van der Waals surface area (Å²) in [5, 5.41) is -0.341. The zero-order valence-electron chi connectivity index (χ0n) is 13.4. The van der Waals surface area contributed by atoms with Crippen LogP contribution in [0.2, 0.25) is 5.15 Å². The van der Waals surface area contributed by atoms with E-state index in [1.807, 2.05) is 0 Å². The normalized spacial score (nSPS) is 22.0. The first-order valence-electron chi connectivity index (χ1n) is 6.91. The molecule has 1 aromatic heterocycles. The summed E-state index contributed by atoms with van der Waals surface area (Å²) in [7, 11) is -1.52. The molecule has 2 rings (SSSR count). The first-order chi connectivity index (χ1) is 10.8. The number of Topliss-reactive ketones (excluding diaryl/α,β-unsaturated/α-hetero) is 1. The molecule has 0 amide bonds. The summed E-state index contributed by atoms with van der Waals surface area (Å²) >= 11 is 5.86. The topological polar surface area (TPSA) is 68.3 Å². The minimum absolute atomic E-state index is 0.00475. The fraction of sp³-hybridized carbons (Fsp3) is 0.571. The SMILES string of the molecule is CC1(NS(=O)C(C)(C)C)COc2c1cc(C(=O)C(F)(F)F)nc2Cl. The van der Waals surface area contributed by atoms with Gasteiger partial charge in [-0.15, -0.1) is 0 Å². The summed E-state index contributed by atoms with van der Waals surface area (Å²) in [4.78, 5) is 14.9. The number of alkyl halides is 3. The van der Waals surface area contributed by atoms with Crippen molar-refractivity contribution >= 4 is 28.4 Å². The van der Waals surface area contributed by atoms with Gasteiger partial charge in [0.15, 0.2) is 10.9 Å². The third-order valence-corrected chi connectivity index (χ3v) is 5.40. The van der Waals surface area contributed by atoms with Gasteiger partial charge in [0.25, 0.3) is 5.78 Å². The Bertz CT molecular complexity index is 718. The van der Waals surface area contributed by atoms with Gasteiger partial charge in [-0.05, 0) is 33.8 Å². The molecule has 1 aliphatic rings. The number of hydrogen-bond acceptors (Lipinski definition) is 4. The van der Waals surface area contributed by atoms with Gasteiger partial charge in [-0.1, -0.05) is 11.6 Å². The molecule has 0 bridgehead atoms. The molecular formula is C14H16ClF3N2O3S. The summed E-state index contributed by atoms with van der Waals surface area (Å²) in [6.45, 7) is 6.84. The summed E-state index contributed by atoms with van der Waals surface area (Å²) in [5.41, 5.74) is -1.68. The van der Waals surface area contributed by atoms with Crippen LogP contribution in [-0.2, 0) is 16.5 Å². The number of fused-ring (bicyclic) bond motifs is 1. The van der Waals surface area contributed by atoms with E-state index in [0.717, 1.165) is 6.07 Å². The second-order valence-corrected chi connectivity index (χ2v) is 8.93. The fourth-order valence-electron chi connectivity index (χ4n) is 2.05. The largest absolute Gasteiger partial charge is 0.488 e. The van der Waals surface area contributed by atoms with Crippen molar-refractivity contribution in [3.63, 3.8) is 0 Å². The van der Waals surface area contributed by atoms with E-state index >= 15 is 0 Å². The smallest absolute Gasteiger partial charge is 0.456 e. The predicted octanol–water partition coefficient (Wildman–Crippen LogP) is 3.14. The summed E-state index contributed by atoms with van der Waals surface area (Å²) in [6.07, 6.45) is -5.07. The van der Waals surface area contributed by atoms with Crippen LogP contribution in [0.25, 0.3) is 0 Å². The summed E-state index contributed by atoms with van der Waals surface area (Å²) in [6, 6.07) is 0.983. The highest BCUT2D eigenvalue weighted by Gasteiger charge is 2.45. The molecule has 0 fully saturated rings. The molecular weight excluding hydrogens is 369 g/mol. The van der Waals surface area contributed by atoms with Gasteiger partial charge in [0.2, 0.25) is 0 Å². The van der Waals surface area contributed by atoms with E-state index in [1.54, 1.807) is 27.7 Å². The Labute approximate surface area is 144 Å². The number of ether oxygens (including phenoxy) is 1. The van der Waals surface area contributed by atoms with Crippen molar-refractivity contribution in [3.8, 4) is 5.75 Å². The number of nitrogens with zero attached hydrogens (tertiary/aromatic N) is 1. The van der Waals surface area contributed by atoms with Crippen LogP contribution in [-0.4, -0.2) is 32.5 Å². The molecule has 24 heavy (non-hydrogen) atoms. The van der Waals surface area contributed by atoms with E-state index in [1.165, 1.54) is 0 Å². The second-order valence-electron chi connectivity index (χ2n) is 6.61. The third-order valence-electron chi connectivity index (χ3n) is 3.40. The Morgan fingerprint density at radius 2 is 2.00 bits per heavy atom. The first-order valence-corrected chi connectivity index (χ1v) is 8.43. The summed E-state index contributed by atoms with van der Waals surface area (Å²) < 4.78 is 57.9. The standard InChI is InChI=1S/C14H16ClF3N2O3S/c1-12(2,3)24(22)20-13(4)6-23-9-7(13)5-8(19-11(9)15)10(21)14(16,17)18/h5,20H,6H2,1-4H3. The number of halogens is 4. The molecule has 5 nitrogen and oxygen atoms in total. The van der Waals surface area contributed by atoms with Crippen LogP contribution in [0, 0.1) is 0 Å². The lowest BCUT2D eigenvalue weighted by molar-refractivity contribution is -0.0888. The molecule has 2 heterocycles. The van der Waals surface area contributed by atoms with Crippen molar-refractivity contribution in [2.75, 3.05) is 6.61 Å². The lowest BCUT2D eigenvalue weighted by Gasteiger charge is -2.28. The molecule has 134 valence electrons. The highest BCUT2D eigenvalue weighted by atomic mass is 35.5. The van der Waals surface area contributed by atoms with Crippen molar-refractivity contribution in [2.24, 2.45) is 0 Å². The lowest BCUT2D eigenvalue weighted by atomic mass is 9.95. The van der Waals surface area contributed by atoms with Crippen LogP contribution in [0.1, 0.15) is 43.7 Å². The quantitative estimate of drug-likeness (QED) is 0.642. The van der Waals surface area contributed by atoms with Gasteiger partial charge < -0.3 is 4.74 Å². The zero-order valence-corrected chi connectivity index (χ0v) is 14.9. The third kappa shape index (κ3) is 3.57. The van der Waals surface area contributed by atoms with Gasteiger partial charge >= 0.3 is 6.18 Å². The molecule has 0 spiro atoms.